The molecule has 0 fully saturated rings. The van der Waals surface area contributed by atoms with Crippen molar-refractivity contribution in [2.24, 2.45) is 0 Å². The summed E-state index contributed by atoms with van der Waals surface area (Å²) in [4.78, 5) is 0. The maximum Gasteiger partial charge on any atom is 0.123 e. The standard InChI is InChI=1S/C16H18FNO/c1-3-19-15-6-4-5-12(9-15)16-10-14(17)8-7-13(16)11-18-2/h4-10,18H,3,11H2,1-2H3. The van der Waals surface area contributed by atoms with Gasteiger partial charge in [0.05, 0.1) is 6.61 Å². The van der Waals surface area contributed by atoms with Crippen LogP contribution in [0.1, 0.15) is 12.5 Å². The van der Waals surface area contributed by atoms with Crippen LogP contribution < -0.4 is 10.1 Å². The minimum atomic E-state index is -0.225. The number of halogens is 1. The van der Waals surface area contributed by atoms with Crippen LogP contribution in [-0.2, 0) is 6.54 Å². The zero-order valence-electron chi connectivity index (χ0n) is 11.2. The molecule has 19 heavy (non-hydrogen) atoms. The van der Waals surface area contributed by atoms with Crippen molar-refractivity contribution in [1.82, 2.24) is 5.32 Å². The van der Waals surface area contributed by atoms with Crippen molar-refractivity contribution < 1.29 is 9.13 Å². The molecule has 2 aromatic rings. The summed E-state index contributed by atoms with van der Waals surface area (Å²) < 4.78 is 19.0. The number of benzene rings is 2. The Kier molecular flexibility index (Phi) is 4.53. The smallest absolute Gasteiger partial charge is 0.123 e. The van der Waals surface area contributed by atoms with Gasteiger partial charge in [-0.3, -0.25) is 0 Å². The van der Waals surface area contributed by atoms with E-state index in [9.17, 15) is 4.39 Å². The molecular weight excluding hydrogens is 241 g/mol. The lowest BCUT2D eigenvalue weighted by molar-refractivity contribution is 0.340. The van der Waals surface area contributed by atoms with Crippen LogP contribution in [0.15, 0.2) is 42.5 Å². The summed E-state index contributed by atoms with van der Waals surface area (Å²) in [5.41, 5.74) is 2.93. The van der Waals surface area contributed by atoms with Gasteiger partial charge in [0, 0.05) is 6.54 Å². The lowest BCUT2D eigenvalue weighted by Crippen LogP contribution is -2.06. The average Bonchev–Trinajstić information content (AvgIpc) is 2.42. The fourth-order valence-electron chi connectivity index (χ4n) is 2.08. The van der Waals surface area contributed by atoms with Crippen LogP contribution >= 0.6 is 0 Å². The van der Waals surface area contributed by atoms with E-state index in [4.69, 9.17) is 4.74 Å². The highest BCUT2D eigenvalue weighted by Gasteiger charge is 2.07. The molecule has 0 atom stereocenters. The van der Waals surface area contributed by atoms with E-state index in [0.29, 0.717) is 13.2 Å². The minimum Gasteiger partial charge on any atom is -0.494 e. The lowest BCUT2D eigenvalue weighted by Gasteiger charge is -2.11. The molecule has 0 aliphatic heterocycles. The number of ether oxygens (including phenoxy) is 1. The molecule has 2 rings (SSSR count). The Balaban J connectivity index is 2.44. The molecule has 2 nitrogen and oxygen atoms in total. The van der Waals surface area contributed by atoms with E-state index in [1.807, 2.05) is 44.3 Å². The first kappa shape index (κ1) is 13.6. The van der Waals surface area contributed by atoms with E-state index in [2.05, 4.69) is 5.32 Å². The molecule has 0 radical (unpaired) electrons. The maximum atomic E-state index is 13.5. The van der Waals surface area contributed by atoms with Crippen molar-refractivity contribution in [1.29, 1.82) is 0 Å². The molecule has 2 aromatic carbocycles. The fourth-order valence-corrected chi connectivity index (χ4v) is 2.08. The summed E-state index contributed by atoms with van der Waals surface area (Å²) >= 11 is 0. The van der Waals surface area contributed by atoms with E-state index in [-0.39, 0.29) is 5.82 Å². The predicted molar refractivity (Wildman–Crippen MR) is 75.8 cm³/mol. The minimum absolute atomic E-state index is 0.225. The third-order valence-electron chi connectivity index (χ3n) is 2.90. The number of nitrogens with one attached hydrogen (secondary N) is 1. The molecular formula is C16H18FNO. The van der Waals surface area contributed by atoms with Gasteiger partial charge in [-0.1, -0.05) is 18.2 Å². The molecule has 3 heteroatoms. The summed E-state index contributed by atoms with van der Waals surface area (Å²) in [5.74, 6) is 0.580. The number of hydrogen-bond acceptors (Lipinski definition) is 2. The summed E-state index contributed by atoms with van der Waals surface area (Å²) in [6.45, 7) is 3.27. The Labute approximate surface area is 113 Å². The highest BCUT2D eigenvalue weighted by atomic mass is 19.1. The molecule has 0 aliphatic rings. The van der Waals surface area contributed by atoms with Gasteiger partial charge in [0.25, 0.3) is 0 Å². The quantitative estimate of drug-likeness (QED) is 0.885. The second kappa shape index (κ2) is 6.34. The van der Waals surface area contributed by atoms with Crippen LogP contribution in [0.5, 0.6) is 5.75 Å². The van der Waals surface area contributed by atoms with Gasteiger partial charge in [-0.05, 0) is 54.9 Å². The molecule has 0 aliphatic carbocycles. The number of hydrogen-bond donors (Lipinski definition) is 1. The van der Waals surface area contributed by atoms with Crippen molar-refractivity contribution in [3.8, 4) is 16.9 Å². The van der Waals surface area contributed by atoms with Crippen molar-refractivity contribution in [3.05, 3.63) is 53.8 Å². The summed E-state index contributed by atoms with van der Waals surface area (Å²) in [5, 5.41) is 3.10. The summed E-state index contributed by atoms with van der Waals surface area (Å²) in [6.07, 6.45) is 0. The van der Waals surface area contributed by atoms with Gasteiger partial charge in [0.1, 0.15) is 11.6 Å². The molecule has 0 spiro atoms. The van der Waals surface area contributed by atoms with Crippen LogP contribution in [0.25, 0.3) is 11.1 Å². The first-order chi connectivity index (χ1) is 9.24. The van der Waals surface area contributed by atoms with Gasteiger partial charge in [0.2, 0.25) is 0 Å². The summed E-state index contributed by atoms with van der Waals surface area (Å²) in [7, 11) is 1.88. The molecule has 0 saturated heterocycles. The predicted octanol–water partition coefficient (Wildman–Crippen LogP) is 3.61. The average molecular weight is 259 g/mol. The van der Waals surface area contributed by atoms with Crippen molar-refractivity contribution in [2.45, 2.75) is 13.5 Å². The van der Waals surface area contributed by atoms with Crippen LogP contribution in [0, 0.1) is 5.82 Å². The molecule has 0 saturated carbocycles. The van der Waals surface area contributed by atoms with E-state index < -0.39 is 0 Å². The maximum absolute atomic E-state index is 13.5. The van der Waals surface area contributed by atoms with Gasteiger partial charge in [-0.2, -0.15) is 0 Å². The third kappa shape index (κ3) is 3.32. The Morgan fingerprint density at radius 2 is 2.00 bits per heavy atom. The van der Waals surface area contributed by atoms with Crippen LogP contribution in [-0.4, -0.2) is 13.7 Å². The molecule has 100 valence electrons. The van der Waals surface area contributed by atoms with Crippen molar-refractivity contribution in [2.75, 3.05) is 13.7 Å². The molecule has 1 N–H and O–H groups in total. The molecule has 0 bridgehead atoms. The highest BCUT2D eigenvalue weighted by molar-refractivity contribution is 5.68. The molecule has 0 heterocycles. The van der Waals surface area contributed by atoms with Crippen LogP contribution in [0.3, 0.4) is 0 Å². The fraction of sp³-hybridized carbons (Fsp3) is 0.250. The van der Waals surface area contributed by atoms with Crippen molar-refractivity contribution in [3.63, 3.8) is 0 Å². The number of rotatable bonds is 5. The molecule has 0 aromatic heterocycles. The normalized spacial score (nSPS) is 10.5. The van der Waals surface area contributed by atoms with Crippen molar-refractivity contribution >= 4 is 0 Å². The second-order valence-electron chi connectivity index (χ2n) is 4.29. The highest BCUT2D eigenvalue weighted by Crippen LogP contribution is 2.28. The first-order valence-electron chi connectivity index (χ1n) is 6.41. The van der Waals surface area contributed by atoms with Gasteiger partial charge in [-0.25, -0.2) is 4.39 Å². The van der Waals surface area contributed by atoms with E-state index in [1.54, 1.807) is 6.07 Å². The zero-order chi connectivity index (χ0) is 13.7. The Morgan fingerprint density at radius 3 is 2.74 bits per heavy atom. The third-order valence-corrected chi connectivity index (χ3v) is 2.90. The lowest BCUT2D eigenvalue weighted by atomic mass is 9.99. The van der Waals surface area contributed by atoms with Gasteiger partial charge < -0.3 is 10.1 Å². The van der Waals surface area contributed by atoms with Crippen LogP contribution in [0.2, 0.25) is 0 Å². The Morgan fingerprint density at radius 1 is 1.16 bits per heavy atom. The van der Waals surface area contributed by atoms with Gasteiger partial charge in [0.15, 0.2) is 0 Å². The SMILES string of the molecule is CCOc1cccc(-c2cc(F)ccc2CNC)c1. The first-order valence-corrected chi connectivity index (χ1v) is 6.41. The molecule has 0 amide bonds. The van der Waals surface area contributed by atoms with Gasteiger partial charge >= 0.3 is 0 Å². The monoisotopic (exact) mass is 259 g/mol. The largest absolute Gasteiger partial charge is 0.494 e. The zero-order valence-corrected chi connectivity index (χ0v) is 11.2. The Hall–Kier alpha value is -1.87. The second-order valence-corrected chi connectivity index (χ2v) is 4.29. The topological polar surface area (TPSA) is 21.3 Å². The van der Waals surface area contributed by atoms with Gasteiger partial charge in [-0.15, -0.1) is 0 Å². The summed E-state index contributed by atoms with van der Waals surface area (Å²) in [6, 6.07) is 12.6. The van der Waals surface area contributed by atoms with E-state index >= 15 is 0 Å². The van der Waals surface area contributed by atoms with Crippen LogP contribution in [0.4, 0.5) is 4.39 Å². The van der Waals surface area contributed by atoms with E-state index in [0.717, 1.165) is 22.4 Å². The van der Waals surface area contributed by atoms with E-state index in [1.165, 1.54) is 6.07 Å². The Bertz CT molecular complexity index is 554. The molecule has 0 unspecified atom stereocenters.